The second-order valence-electron chi connectivity index (χ2n) is 6.49. The van der Waals surface area contributed by atoms with Crippen LogP contribution in [0.5, 0.6) is 0 Å². The summed E-state index contributed by atoms with van der Waals surface area (Å²) in [5, 5.41) is 2.94. The molecule has 0 atom stereocenters. The van der Waals surface area contributed by atoms with Crippen LogP contribution in [0.25, 0.3) is 0 Å². The van der Waals surface area contributed by atoms with E-state index >= 15 is 0 Å². The van der Waals surface area contributed by atoms with Crippen molar-refractivity contribution in [2.24, 2.45) is 11.7 Å². The summed E-state index contributed by atoms with van der Waals surface area (Å²) in [5.41, 5.74) is 7.83. The van der Waals surface area contributed by atoms with Gasteiger partial charge >= 0.3 is 6.03 Å². The third-order valence-corrected chi connectivity index (χ3v) is 4.69. The molecule has 1 aliphatic heterocycles. The SMILES string of the molecule is NC(=O)c1ccc(CC2CCN(C(=O)Nc3ccccc3)CC2)cc1. The molecule has 130 valence electrons. The summed E-state index contributed by atoms with van der Waals surface area (Å²) in [6.45, 7) is 1.53. The molecule has 0 aliphatic carbocycles. The van der Waals surface area contributed by atoms with Gasteiger partial charge in [0.2, 0.25) is 5.91 Å². The van der Waals surface area contributed by atoms with Crippen molar-refractivity contribution in [3.05, 3.63) is 65.7 Å². The Kier molecular flexibility index (Phi) is 5.33. The Balaban J connectivity index is 1.48. The van der Waals surface area contributed by atoms with Gasteiger partial charge in [-0.3, -0.25) is 4.79 Å². The molecule has 1 saturated heterocycles. The van der Waals surface area contributed by atoms with E-state index in [1.54, 1.807) is 12.1 Å². The summed E-state index contributed by atoms with van der Waals surface area (Å²) in [5.74, 6) is 0.157. The number of carbonyl (C=O) groups excluding carboxylic acids is 2. The van der Waals surface area contributed by atoms with Crippen molar-refractivity contribution >= 4 is 17.6 Å². The first kappa shape index (κ1) is 17.0. The van der Waals surface area contributed by atoms with Crippen LogP contribution in [-0.2, 0) is 6.42 Å². The second-order valence-corrected chi connectivity index (χ2v) is 6.49. The topological polar surface area (TPSA) is 75.4 Å². The number of carbonyl (C=O) groups is 2. The Morgan fingerprint density at radius 1 is 1.00 bits per heavy atom. The Bertz CT molecular complexity index is 720. The molecule has 1 fully saturated rings. The molecule has 3 amide bonds. The van der Waals surface area contributed by atoms with Crippen LogP contribution >= 0.6 is 0 Å². The lowest BCUT2D eigenvalue weighted by molar-refractivity contribution is 0.1000. The number of rotatable bonds is 4. The highest BCUT2D eigenvalue weighted by Crippen LogP contribution is 2.22. The molecule has 0 spiro atoms. The van der Waals surface area contributed by atoms with Gasteiger partial charge in [-0.2, -0.15) is 0 Å². The number of primary amides is 1. The van der Waals surface area contributed by atoms with E-state index in [1.807, 2.05) is 47.4 Å². The van der Waals surface area contributed by atoms with Gasteiger partial charge in [0.15, 0.2) is 0 Å². The molecule has 0 radical (unpaired) electrons. The van der Waals surface area contributed by atoms with Crippen LogP contribution in [0, 0.1) is 5.92 Å². The maximum atomic E-state index is 12.3. The summed E-state index contributed by atoms with van der Waals surface area (Å²) in [6.07, 6.45) is 2.94. The average Bonchev–Trinajstić information content (AvgIpc) is 2.63. The van der Waals surface area contributed by atoms with Gasteiger partial charge in [0.05, 0.1) is 0 Å². The summed E-state index contributed by atoms with van der Waals surface area (Å²) in [7, 11) is 0. The first-order chi connectivity index (χ1) is 12.1. The molecule has 0 unspecified atom stereocenters. The lowest BCUT2D eigenvalue weighted by Crippen LogP contribution is -2.41. The Labute approximate surface area is 147 Å². The number of nitrogens with zero attached hydrogens (tertiary/aromatic N) is 1. The van der Waals surface area contributed by atoms with Gasteiger partial charge < -0.3 is 16.0 Å². The predicted molar refractivity (Wildman–Crippen MR) is 98.4 cm³/mol. The highest BCUT2D eigenvalue weighted by molar-refractivity contribution is 5.92. The second kappa shape index (κ2) is 7.83. The number of amides is 3. The highest BCUT2D eigenvalue weighted by atomic mass is 16.2. The van der Waals surface area contributed by atoms with E-state index in [9.17, 15) is 9.59 Å². The molecular formula is C20H23N3O2. The Hall–Kier alpha value is -2.82. The smallest absolute Gasteiger partial charge is 0.321 e. The zero-order valence-corrected chi connectivity index (χ0v) is 14.2. The molecule has 2 aromatic rings. The van der Waals surface area contributed by atoms with Crippen LogP contribution in [0.15, 0.2) is 54.6 Å². The van der Waals surface area contributed by atoms with E-state index in [4.69, 9.17) is 5.73 Å². The molecule has 0 saturated carbocycles. The van der Waals surface area contributed by atoms with Crippen LogP contribution in [0.4, 0.5) is 10.5 Å². The zero-order chi connectivity index (χ0) is 17.6. The fourth-order valence-electron chi connectivity index (χ4n) is 3.20. The molecule has 3 rings (SSSR count). The van der Waals surface area contributed by atoms with Crippen LogP contribution in [0.3, 0.4) is 0 Å². The number of anilines is 1. The van der Waals surface area contributed by atoms with Crippen molar-refractivity contribution in [3.63, 3.8) is 0 Å². The van der Waals surface area contributed by atoms with Crippen molar-refractivity contribution in [2.75, 3.05) is 18.4 Å². The molecular weight excluding hydrogens is 314 g/mol. The van der Waals surface area contributed by atoms with E-state index in [2.05, 4.69) is 5.32 Å². The van der Waals surface area contributed by atoms with Crippen molar-refractivity contribution in [3.8, 4) is 0 Å². The Morgan fingerprint density at radius 2 is 1.64 bits per heavy atom. The van der Waals surface area contributed by atoms with Gasteiger partial charge in [-0.1, -0.05) is 30.3 Å². The van der Waals surface area contributed by atoms with E-state index in [0.29, 0.717) is 11.5 Å². The number of nitrogens with one attached hydrogen (secondary N) is 1. The van der Waals surface area contributed by atoms with Crippen molar-refractivity contribution in [1.29, 1.82) is 0 Å². The third-order valence-electron chi connectivity index (χ3n) is 4.69. The molecule has 5 heteroatoms. The van der Waals surface area contributed by atoms with Crippen molar-refractivity contribution in [1.82, 2.24) is 4.90 Å². The summed E-state index contributed by atoms with van der Waals surface area (Å²) < 4.78 is 0. The molecule has 1 heterocycles. The minimum Gasteiger partial charge on any atom is -0.366 e. The minimum absolute atomic E-state index is 0.0320. The molecule has 2 aromatic carbocycles. The minimum atomic E-state index is -0.399. The van der Waals surface area contributed by atoms with E-state index in [0.717, 1.165) is 38.0 Å². The number of hydrogen-bond acceptors (Lipinski definition) is 2. The van der Waals surface area contributed by atoms with Crippen LogP contribution in [-0.4, -0.2) is 29.9 Å². The normalized spacial score (nSPS) is 15.0. The van der Waals surface area contributed by atoms with Gasteiger partial charge in [-0.15, -0.1) is 0 Å². The first-order valence-corrected chi connectivity index (χ1v) is 8.61. The van der Waals surface area contributed by atoms with Crippen LogP contribution in [0.1, 0.15) is 28.8 Å². The quantitative estimate of drug-likeness (QED) is 0.898. The molecule has 0 bridgehead atoms. The van der Waals surface area contributed by atoms with Crippen molar-refractivity contribution in [2.45, 2.75) is 19.3 Å². The third kappa shape index (κ3) is 4.59. The lowest BCUT2D eigenvalue weighted by atomic mass is 9.90. The maximum Gasteiger partial charge on any atom is 0.321 e. The van der Waals surface area contributed by atoms with E-state index < -0.39 is 5.91 Å². The molecule has 25 heavy (non-hydrogen) atoms. The van der Waals surface area contributed by atoms with Crippen LogP contribution < -0.4 is 11.1 Å². The lowest BCUT2D eigenvalue weighted by Gasteiger charge is -2.32. The van der Waals surface area contributed by atoms with Crippen molar-refractivity contribution < 1.29 is 9.59 Å². The fourth-order valence-corrected chi connectivity index (χ4v) is 3.20. The largest absolute Gasteiger partial charge is 0.366 e. The maximum absolute atomic E-state index is 12.3. The molecule has 5 nitrogen and oxygen atoms in total. The number of hydrogen-bond donors (Lipinski definition) is 2. The monoisotopic (exact) mass is 337 g/mol. The first-order valence-electron chi connectivity index (χ1n) is 8.61. The van der Waals surface area contributed by atoms with E-state index in [-0.39, 0.29) is 6.03 Å². The summed E-state index contributed by atoms with van der Waals surface area (Å²) in [6, 6.07) is 17.0. The van der Waals surface area contributed by atoms with Crippen LogP contribution in [0.2, 0.25) is 0 Å². The van der Waals surface area contributed by atoms with E-state index in [1.165, 1.54) is 5.56 Å². The average molecular weight is 337 g/mol. The standard InChI is InChI=1S/C20H23N3O2/c21-19(24)17-8-6-15(7-9-17)14-16-10-12-23(13-11-16)20(25)22-18-4-2-1-3-5-18/h1-9,16H,10-14H2,(H2,21,24)(H,22,25). The highest BCUT2D eigenvalue weighted by Gasteiger charge is 2.23. The number of nitrogens with two attached hydrogens (primary N) is 1. The number of para-hydroxylation sites is 1. The number of likely N-dealkylation sites (tertiary alicyclic amines) is 1. The van der Waals surface area contributed by atoms with Gasteiger partial charge in [0.1, 0.15) is 0 Å². The fraction of sp³-hybridized carbons (Fsp3) is 0.300. The van der Waals surface area contributed by atoms with Gasteiger partial charge in [-0.25, -0.2) is 4.79 Å². The van der Waals surface area contributed by atoms with Gasteiger partial charge in [0, 0.05) is 24.3 Å². The molecule has 3 N–H and O–H groups in total. The molecule has 0 aromatic heterocycles. The summed E-state index contributed by atoms with van der Waals surface area (Å²) in [4.78, 5) is 25.3. The predicted octanol–water partition coefficient (Wildman–Crippen LogP) is 3.27. The summed E-state index contributed by atoms with van der Waals surface area (Å²) >= 11 is 0. The number of benzene rings is 2. The number of piperidine rings is 1. The zero-order valence-electron chi connectivity index (χ0n) is 14.2. The number of urea groups is 1. The Morgan fingerprint density at radius 3 is 2.24 bits per heavy atom. The van der Waals surface area contributed by atoms with Gasteiger partial charge in [-0.05, 0) is 55.0 Å². The molecule has 1 aliphatic rings. The van der Waals surface area contributed by atoms with Gasteiger partial charge in [0.25, 0.3) is 0 Å².